The molecule has 112 valence electrons. The summed E-state index contributed by atoms with van der Waals surface area (Å²) < 4.78 is 58.9. The van der Waals surface area contributed by atoms with Crippen LogP contribution >= 0.6 is 0 Å². The first-order chi connectivity index (χ1) is 8.92. The van der Waals surface area contributed by atoms with Crippen molar-refractivity contribution in [2.45, 2.75) is 18.0 Å². The van der Waals surface area contributed by atoms with E-state index in [1.54, 1.807) is 0 Å². The van der Waals surface area contributed by atoms with Crippen LogP contribution in [0.2, 0.25) is 0 Å². The van der Waals surface area contributed by atoms with Gasteiger partial charge in [-0.15, -0.1) is 0 Å². The first-order valence-electron chi connectivity index (χ1n) is 5.37. The lowest BCUT2D eigenvalue weighted by Crippen LogP contribution is -2.36. The molecule has 0 aromatic heterocycles. The molecule has 0 saturated carbocycles. The SMILES string of the molecule is Cc1cc(S(N)(=O)=O)ccc1C(=O)N(C)CC(F)(F)F. The zero-order valence-corrected chi connectivity index (χ0v) is 11.5. The quantitative estimate of drug-likeness (QED) is 0.913. The summed E-state index contributed by atoms with van der Waals surface area (Å²) in [6.07, 6.45) is -4.50. The number of nitrogens with two attached hydrogens (primary N) is 1. The molecule has 0 aliphatic rings. The van der Waals surface area contributed by atoms with E-state index in [0.717, 1.165) is 25.2 Å². The fourth-order valence-electron chi connectivity index (χ4n) is 1.60. The van der Waals surface area contributed by atoms with Crippen molar-refractivity contribution in [3.63, 3.8) is 0 Å². The third-order valence-corrected chi connectivity index (χ3v) is 3.43. The summed E-state index contributed by atoms with van der Waals surface area (Å²) >= 11 is 0. The van der Waals surface area contributed by atoms with E-state index in [1.807, 2.05) is 0 Å². The lowest BCUT2D eigenvalue weighted by Gasteiger charge is -2.20. The molecule has 9 heteroatoms. The normalized spacial score (nSPS) is 12.3. The summed E-state index contributed by atoms with van der Waals surface area (Å²) in [6.45, 7) is 0.0333. The van der Waals surface area contributed by atoms with Gasteiger partial charge in [-0.1, -0.05) is 0 Å². The average molecular weight is 310 g/mol. The van der Waals surface area contributed by atoms with E-state index in [-0.39, 0.29) is 16.0 Å². The second-order valence-corrected chi connectivity index (χ2v) is 5.86. The van der Waals surface area contributed by atoms with Crippen molar-refractivity contribution in [2.75, 3.05) is 13.6 Å². The summed E-state index contributed by atoms with van der Waals surface area (Å²) in [4.78, 5) is 12.2. The molecule has 0 heterocycles. The molecule has 0 aliphatic heterocycles. The smallest absolute Gasteiger partial charge is 0.333 e. The van der Waals surface area contributed by atoms with Gasteiger partial charge in [0.05, 0.1) is 4.90 Å². The molecule has 0 unspecified atom stereocenters. The zero-order valence-electron chi connectivity index (χ0n) is 10.7. The minimum absolute atomic E-state index is 0.0100. The Kier molecular flexibility index (Phi) is 4.45. The highest BCUT2D eigenvalue weighted by molar-refractivity contribution is 7.89. The molecule has 0 aliphatic carbocycles. The van der Waals surface area contributed by atoms with Crippen LogP contribution < -0.4 is 5.14 Å². The predicted octanol–water partition coefficient (Wildman–Crippen LogP) is 1.28. The molecule has 0 saturated heterocycles. The van der Waals surface area contributed by atoms with Gasteiger partial charge in [-0.3, -0.25) is 4.79 Å². The molecule has 0 radical (unpaired) electrons. The van der Waals surface area contributed by atoms with Crippen molar-refractivity contribution in [1.82, 2.24) is 4.90 Å². The number of hydrogen-bond acceptors (Lipinski definition) is 3. The lowest BCUT2D eigenvalue weighted by atomic mass is 10.1. The van der Waals surface area contributed by atoms with E-state index in [4.69, 9.17) is 5.14 Å². The fraction of sp³-hybridized carbons (Fsp3) is 0.364. The van der Waals surface area contributed by atoms with Crippen LogP contribution in [0.3, 0.4) is 0 Å². The van der Waals surface area contributed by atoms with Gasteiger partial charge in [0.15, 0.2) is 0 Å². The van der Waals surface area contributed by atoms with Gasteiger partial charge in [0.1, 0.15) is 6.54 Å². The minimum atomic E-state index is -4.50. The average Bonchev–Trinajstić information content (AvgIpc) is 2.24. The molecule has 5 nitrogen and oxygen atoms in total. The number of carbonyl (C=O) groups is 1. The molecule has 1 aromatic carbocycles. The number of primary sulfonamides is 1. The number of amides is 1. The minimum Gasteiger partial charge on any atom is -0.333 e. The van der Waals surface area contributed by atoms with E-state index in [9.17, 15) is 26.4 Å². The Bertz CT molecular complexity index is 626. The van der Waals surface area contributed by atoms with Gasteiger partial charge in [0.25, 0.3) is 5.91 Å². The van der Waals surface area contributed by atoms with Crippen LogP contribution in [-0.4, -0.2) is 39.0 Å². The molecular formula is C11H13F3N2O3S. The molecule has 0 spiro atoms. The van der Waals surface area contributed by atoms with E-state index >= 15 is 0 Å². The van der Waals surface area contributed by atoms with Crippen molar-refractivity contribution < 1.29 is 26.4 Å². The Morgan fingerprint density at radius 2 is 1.90 bits per heavy atom. The molecule has 1 aromatic rings. The fourth-order valence-corrected chi connectivity index (χ4v) is 2.20. The predicted molar refractivity (Wildman–Crippen MR) is 65.6 cm³/mol. The maximum atomic E-state index is 12.2. The van der Waals surface area contributed by atoms with Gasteiger partial charge in [0, 0.05) is 12.6 Å². The molecule has 20 heavy (non-hydrogen) atoms. The first kappa shape index (κ1) is 16.4. The van der Waals surface area contributed by atoms with Crippen molar-refractivity contribution >= 4 is 15.9 Å². The van der Waals surface area contributed by atoms with Crippen molar-refractivity contribution in [2.24, 2.45) is 5.14 Å². The Balaban J connectivity index is 3.07. The third kappa shape index (κ3) is 4.20. The van der Waals surface area contributed by atoms with Gasteiger partial charge >= 0.3 is 6.18 Å². The Labute approximate surface area is 114 Å². The van der Waals surface area contributed by atoms with Crippen LogP contribution in [0.15, 0.2) is 23.1 Å². The third-order valence-electron chi connectivity index (χ3n) is 2.52. The van der Waals surface area contributed by atoms with Gasteiger partial charge in [-0.2, -0.15) is 13.2 Å². The Hall–Kier alpha value is -1.61. The van der Waals surface area contributed by atoms with E-state index < -0.39 is 28.7 Å². The van der Waals surface area contributed by atoms with Gasteiger partial charge in [0.2, 0.25) is 10.0 Å². The largest absolute Gasteiger partial charge is 0.406 e. The van der Waals surface area contributed by atoms with E-state index in [0.29, 0.717) is 4.90 Å². The number of benzene rings is 1. The summed E-state index contributed by atoms with van der Waals surface area (Å²) in [7, 11) is -2.91. The Morgan fingerprint density at radius 3 is 2.30 bits per heavy atom. The Morgan fingerprint density at radius 1 is 1.35 bits per heavy atom. The second-order valence-electron chi connectivity index (χ2n) is 4.30. The zero-order chi connectivity index (χ0) is 15.7. The summed E-state index contributed by atoms with van der Waals surface area (Å²) in [6, 6.07) is 3.37. The van der Waals surface area contributed by atoms with Crippen LogP contribution in [-0.2, 0) is 10.0 Å². The van der Waals surface area contributed by atoms with Crippen LogP contribution in [0.25, 0.3) is 0 Å². The molecular weight excluding hydrogens is 297 g/mol. The second kappa shape index (κ2) is 5.41. The number of alkyl halides is 3. The van der Waals surface area contributed by atoms with Crippen molar-refractivity contribution in [3.8, 4) is 0 Å². The summed E-state index contributed by atoms with van der Waals surface area (Å²) in [5.41, 5.74) is 0.222. The van der Waals surface area contributed by atoms with Gasteiger partial charge < -0.3 is 4.90 Å². The molecule has 0 fully saturated rings. The van der Waals surface area contributed by atoms with E-state index in [2.05, 4.69) is 0 Å². The van der Waals surface area contributed by atoms with Crippen LogP contribution in [0.5, 0.6) is 0 Å². The van der Waals surface area contributed by atoms with Crippen molar-refractivity contribution in [3.05, 3.63) is 29.3 Å². The van der Waals surface area contributed by atoms with Gasteiger partial charge in [-0.05, 0) is 30.7 Å². The summed E-state index contributed by atoms with van der Waals surface area (Å²) in [5.74, 6) is -0.846. The number of halogens is 3. The first-order valence-corrected chi connectivity index (χ1v) is 6.92. The molecule has 0 atom stereocenters. The van der Waals surface area contributed by atoms with Crippen LogP contribution in [0.4, 0.5) is 13.2 Å². The van der Waals surface area contributed by atoms with Crippen LogP contribution in [0.1, 0.15) is 15.9 Å². The van der Waals surface area contributed by atoms with Gasteiger partial charge in [-0.25, -0.2) is 13.6 Å². The number of aryl methyl sites for hydroxylation is 1. The molecule has 2 N–H and O–H groups in total. The number of carbonyl (C=O) groups excluding carboxylic acids is 1. The van der Waals surface area contributed by atoms with Crippen molar-refractivity contribution in [1.29, 1.82) is 0 Å². The molecule has 1 amide bonds. The highest BCUT2D eigenvalue weighted by Gasteiger charge is 2.31. The topological polar surface area (TPSA) is 80.5 Å². The number of sulfonamides is 1. The van der Waals surface area contributed by atoms with Crippen LogP contribution in [0, 0.1) is 6.92 Å². The standard InChI is InChI=1S/C11H13F3N2O3S/c1-7-5-8(20(15,18)19)3-4-9(7)10(17)16(2)6-11(12,13)14/h3-5H,6H2,1-2H3,(H2,15,18,19). The monoisotopic (exact) mass is 310 g/mol. The molecule has 1 rings (SSSR count). The number of hydrogen-bond donors (Lipinski definition) is 1. The number of nitrogens with zero attached hydrogens (tertiary/aromatic N) is 1. The maximum Gasteiger partial charge on any atom is 0.406 e. The highest BCUT2D eigenvalue weighted by atomic mass is 32.2. The maximum absolute atomic E-state index is 12.2. The molecule has 0 bridgehead atoms. The summed E-state index contributed by atoms with van der Waals surface area (Å²) in [5, 5.41) is 4.92. The number of rotatable bonds is 3. The highest BCUT2D eigenvalue weighted by Crippen LogP contribution is 2.19. The lowest BCUT2D eigenvalue weighted by molar-refractivity contribution is -0.138. The van der Waals surface area contributed by atoms with E-state index in [1.165, 1.54) is 6.92 Å².